The van der Waals surface area contributed by atoms with E-state index < -0.39 is 11.9 Å². The number of amides is 2. The van der Waals surface area contributed by atoms with Gasteiger partial charge in [0.2, 0.25) is 0 Å². The summed E-state index contributed by atoms with van der Waals surface area (Å²) in [6, 6.07) is -0.147. The summed E-state index contributed by atoms with van der Waals surface area (Å²) in [6.45, 7) is 6.48. The minimum absolute atomic E-state index is 0.109. The maximum Gasteiger partial charge on any atom is 0.317 e. The SMILES string of the molecule is CC1CN(C)CCC1NC(=O)N1CCC(C(=O)O)C1C. The van der Waals surface area contributed by atoms with E-state index in [0.717, 1.165) is 19.5 Å². The number of likely N-dealkylation sites (tertiary alicyclic amines) is 2. The predicted octanol–water partition coefficient (Wildman–Crippen LogP) is 0.831. The van der Waals surface area contributed by atoms with E-state index in [4.69, 9.17) is 5.11 Å². The van der Waals surface area contributed by atoms with Crippen LogP contribution in [0.25, 0.3) is 0 Å². The van der Waals surface area contributed by atoms with Crippen LogP contribution >= 0.6 is 0 Å². The van der Waals surface area contributed by atoms with Gasteiger partial charge in [0.25, 0.3) is 0 Å². The van der Waals surface area contributed by atoms with Gasteiger partial charge in [0.1, 0.15) is 0 Å². The monoisotopic (exact) mass is 283 g/mol. The lowest BCUT2D eigenvalue weighted by Crippen LogP contribution is -2.53. The highest BCUT2D eigenvalue weighted by molar-refractivity contribution is 5.78. The highest BCUT2D eigenvalue weighted by atomic mass is 16.4. The number of rotatable bonds is 2. The molecule has 114 valence electrons. The first-order valence-electron chi connectivity index (χ1n) is 7.38. The second-order valence-corrected chi connectivity index (χ2v) is 6.25. The summed E-state index contributed by atoms with van der Waals surface area (Å²) in [5.41, 5.74) is 0. The molecule has 2 rings (SSSR count). The van der Waals surface area contributed by atoms with Gasteiger partial charge in [0, 0.05) is 25.2 Å². The number of nitrogens with one attached hydrogen (secondary N) is 1. The maximum absolute atomic E-state index is 12.3. The van der Waals surface area contributed by atoms with Gasteiger partial charge in [-0.25, -0.2) is 4.79 Å². The Balaban J connectivity index is 1.91. The Kier molecular flexibility index (Phi) is 4.52. The third-order valence-corrected chi connectivity index (χ3v) is 4.75. The summed E-state index contributed by atoms with van der Waals surface area (Å²) in [6.07, 6.45) is 1.50. The maximum atomic E-state index is 12.3. The highest BCUT2D eigenvalue weighted by Gasteiger charge is 2.39. The molecule has 0 saturated carbocycles. The molecular weight excluding hydrogens is 258 g/mol. The number of nitrogens with zero attached hydrogens (tertiary/aromatic N) is 2. The average molecular weight is 283 g/mol. The van der Waals surface area contributed by atoms with Crippen molar-refractivity contribution in [3.63, 3.8) is 0 Å². The van der Waals surface area contributed by atoms with E-state index >= 15 is 0 Å². The predicted molar refractivity (Wildman–Crippen MR) is 75.5 cm³/mol. The van der Waals surface area contributed by atoms with Gasteiger partial charge in [-0.2, -0.15) is 0 Å². The minimum Gasteiger partial charge on any atom is -0.481 e. The Morgan fingerprint density at radius 2 is 1.90 bits per heavy atom. The zero-order chi connectivity index (χ0) is 14.9. The summed E-state index contributed by atoms with van der Waals surface area (Å²) in [5, 5.41) is 12.2. The van der Waals surface area contributed by atoms with Crippen molar-refractivity contribution in [2.75, 3.05) is 26.7 Å². The summed E-state index contributed by atoms with van der Waals surface area (Å²) in [7, 11) is 2.09. The first kappa shape index (κ1) is 15.1. The Morgan fingerprint density at radius 1 is 1.20 bits per heavy atom. The molecule has 0 aromatic heterocycles. The molecule has 0 aliphatic carbocycles. The third kappa shape index (κ3) is 3.06. The highest BCUT2D eigenvalue weighted by Crippen LogP contribution is 2.25. The van der Waals surface area contributed by atoms with Crippen molar-refractivity contribution >= 4 is 12.0 Å². The zero-order valence-electron chi connectivity index (χ0n) is 12.5. The number of piperidine rings is 1. The molecule has 4 atom stereocenters. The van der Waals surface area contributed by atoms with Crippen molar-refractivity contribution in [3.8, 4) is 0 Å². The Hall–Kier alpha value is -1.30. The zero-order valence-corrected chi connectivity index (χ0v) is 12.5. The van der Waals surface area contributed by atoms with E-state index in [9.17, 15) is 9.59 Å². The molecule has 0 aromatic carbocycles. The number of hydrogen-bond acceptors (Lipinski definition) is 3. The molecule has 2 aliphatic heterocycles. The van der Waals surface area contributed by atoms with E-state index in [0.29, 0.717) is 18.9 Å². The van der Waals surface area contributed by atoms with Gasteiger partial charge in [0.05, 0.1) is 5.92 Å². The fraction of sp³-hybridized carbons (Fsp3) is 0.857. The van der Waals surface area contributed by atoms with Crippen molar-refractivity contribution in [3.05, 3.63) is 0 Å². The second kappa shape index (κ2) is 5.99. The first-order chi connectivity index (χ1) is 9.40. The molecule has 2 amide bonds. The van der Waals surface area contributed by atoms with E-state index in [-0.39, 0.29) is 18.1 Å². The van der Waals surface area contributed by atoms with Crippen LogP contribution in [0.2, 0.25) is 0 Å². The van der Waals surface area contributed by atoms with Crippen LogP contribution in [-0.2, 0) is 4.79 Å². The second-order valence-electron chi connectivity index (χ2n) is 6.25. The number of carboxylic acid groups (broad SMARTS) is 1. The van der Waals surface area contributed by atoms with Crippen LogP contribution in [0.3, 0.4) is 0 Å². The molecular formula is C14H25N3O3. The summed E-state index contributed by atoms with van der Waals surface area (Å²) >= 11 is 0. The van der Waals surface area contributed by atoms with Crippen molar-refractivity contribution in [2.45, 2.75) is 38.8 Å². The lowest BCUT2D eigenvalue weighted by Gasteiger charge is -2.36. The van der Waals surface area contributed by atoms with Gasteiger partial charge in [0.15, 0.2) is 0 Å². The Morgan fingerprint density at radius 3 is 2.45 bits per heavy atom. The number of carbonyl (C=O) groups is 2. The number of aliphatic carboxylic acids is 1. The third-order valence-electron chi connectivity index (χ3n) is 4.75. The topological polar surface area (TPSA) is 72.9 Å². The van der Waals surface area contributed by atoms with Crippen LogP contribution in [0.4, 0.5) is 4.79 Å². The molecule has 6 nitrogen and oxygen atoms in total. The van der Waals surface area contributed by atoms with Gasteiger partial charge in [-0.05, 0) is 39.3 Å². The quantitative estimate of drug-likeness (QED) is 0.787. The van der Waals surface area contributed by atoms with Crippen LogP contribution in [-0.4, -0.2) is 65.7 Å². The van der Waals surface area contributed by atoms with Crippen molar-refractivity contribution in [1.82, 2.24) is 15.1 Å². The average Bonchev–Trinajstić information content (AvgIpc) is 2.74. The lowest BCUT2D eigenvalue weighted by molar-refractivity contribution is -0.142. The standard InChI is InChI=1S/C14H25N3O3/c1-9-8-16(3)6-5-12(9)15-14(20)17-7-4-11(10(17)2)13(18)19/h9-12H,4-8H2,1-3H3,(H,15,20)(H,18,19). The summed E-state index contributed by atoms with van der Waals surface area (Å²) in [5.74, 6) is -0.818. The lowest BCUT2D eigenvalue weighted by atomic mass is 9.94. The molecule has 2 aliphatic rings. The normalized spacial score (nSPS) is 35.0. The molecule has 20 heavy (non-hydrogen) atoms. The molecule has 0 aromatic rings. The Bertz CT molecular complexity index is 388. The van der Waals surface area contributed by atoms with Gasteiger partial charge in [-0.15, -0.1) is 0 Å². The number of carboxylic acids is 1. The van der Waals surface area contributed by atoms with Crippen LogP contribution in [0, 0.1) is 11.8 Å². The van der Waals surface area contributed by atoms with Crippen molar-refractivity contribution < 1.29 is 14.7 Å². The molecule has 6 heteroatoms. The number of hydrogen-bond donors (Lipinski definition) is 2. The van der Waals surface area contributed by atoms with E-state index in [1.54, 1.807) is 4.90 Å². The molecule has 2 heterocycles. The number of carbonyl (C=O) groups excluding carboxylic acids is 1. The van der Waals surface area contributed by atoms with Crippen molar-refractivity contribution in [2.24, 2.45) is 11.8 Å². The molecule has 4 unspecified atom stereocenters. The van der Waals surface area contributed by atoms with Crippen LogP contribution in [0.15, 0.2) is 0 Å². The van der Waals surface area contributed by atoms with E-state index in [1.165, 1.54) is 0 Å². The van der Waals surface area contributed by atoms with Crippen LogP contribution < -0.4 is 5.32 Å². The van der Waals surface area contributed by atoms with Crippen LogP contribution in [0.1, 0.15) is 26.7 Å². The molecule has 0 radical (unpaired) electrons. The fourth-order valence-electron chi connectivity index (χ4n) is 3.37. The van der Waals surface area contributed by atoms with Crippen LogP contribution in [0.5, 0.6) is 0 Å². The van der Waals surface area contributed by atoms with Gasteiger partial charge in [-0.1, -0.05) is 6.92 Å². The Labute approximate surface area is 120 Å². The smallest absolute Gasteiger partial charge is 0.317 e. The summed E-state index contributed by atoms with van der Waals surface area (Å²) in [4.78, 5) is 27.4. The molecule has 2 N–H and O–H groups in total. The van der Waals surface area contributed by atoms with Gasteiger partial charge >= 0.3 is 12.0 Å². The minimum atomic E-state index is -0.805. The number of urea groups is 1. The van der Waals surface area contributed by atoms with E-state index in [1.807, 2.05) is 6.92 Å². The molecule has 0 bridgehead atoms. The fourth-order valence-corrected chi connectivity index (χ4v) is 3.37. The molecule has 0 spiro atoms. The molecule has 2 saturated heterocycles. The van der Waals surface area contributed by atoms with Gasteiger partial charge < -0.3 is 20.2 Å². The first-order valence-corrected chi connectivity index (χ1v) is 7.38. The molecule has 2 fully saturated rings. The van der Waals surface area contributed by atoms with Crippen molar-refractivity contribution in [1.29, 1.82) is 0 Å². The van der Waals surface area contributed by atoms with Gasteiger partial charge in [-0.3, -0.25) is 4.79 Å². The summed E-state index contributed by atoms with van der Waals surface area (Å²) < 4.78 is 0. The van der Waals surface area contributed by atoms with E-state index in [2.05, 4.69) is 24.2 Å². The largest absolute Gasteiger partial charge is 0.481 e.